The molecule has 35 heavy (non-hydrogen) atoms. The van der Waals surface area contributed by atoms with Crippen LogP contribution in [0.15, 0.2) is 23.2 Å². The van der Waals surface area contributed by atoms with E-state index in [1.807, 2.05) is 0 Å². The van der Waals surface area contributed by atoms with Gasteiger partial charge in [-0.2, -0.15) is 37.7 Å². The zero-order valence-corrected chi connectivity index (χ0v) is 19.5. The molecule has 0 radical (unpaired) electrons. The molecule has 2 N–H and O–H groups in total. The van der Waals surface area contributed by atoms with Crippen LogP contribution in [-0.4, -0.2) is 76.1 Å². The number of thiophene rings is 1. The summed E-state index contributed by atoms with van der Waals surface area (Å²) in [6.07, 6.45) is -6.39. The summed E-state index contributed by atoms with van der Waals surface area (Å²) in [5.74, 6) is -4.40. The SMILES string of the molecule is CCN(C)c1ncnc2c1CCN(Cc1ccsc1)CC2.O=C(O)C(F)(F)F.O=C(O)C(F)(F)F. The molecule has 196 valence electrons. The molecule has 1 aliphatic rings. The van der Waals surface area contributed by atoms with Gasteiger partial charge in [0.05, 0.1) is 5.69 Å². The number of rotatable bonds is 4. The van der Waals surface area contributed by atoms with Crippen molar-refractivity contribution in [2.45, 2.75) is 38.7 Å². The van der Waals surface area contributed by atoms with Gasteiger partial charge in [-0.05, 0) is 35.7 Å². The maximum Gasteiger partial charge on any atom is 0.490 e. The summed E-state index contributed by atoms with van der Waals surface area (Å²) in [6.45, 7) is 6.34. The first kappa shape index (κ1) is 30.1. The number of alkyl halides is 6. The molecule has 0 bridgehead atoms. The fourth-order valence-electron chi connectivity index (χ4n) is 2.83. The van der Waals surface area contributed by atoms with Crippen molar-refractivity contribution in [2.24, 2.45) is 0 Å². The van der Waals surface area contributed by atoms with E-state index in [0.717, 1.165) is 44.8 Å². The fraction of sp³-hybridized carbons (Fsp3) is 0.500. The van der Waals surface area contributed by atoms with Gasteiger partial charge in [0.1, 0.15) is 12.1 Å². The fourth-order valence-corrected chi connectivity index (χ4v) is 3.49. The Morgan fingerprint density at radius 3 is 2.06 bits per heavy atom. The van der Waals surface area contributed by atoms with Gasteiger partial charge in [0.2, 0.25) is 0 Å². The second-order valence-corrected chi connectivity index (χ2v) is 7.93. The van der Waals surface area contributed by atoms with E-state index in [1.165, 1.54) is 16.8 Å². The minimum Gasteiger partial charge on any atom is -0.475 e. The topological polar surface area (TPSA) is 107 Å². The standard InChI is InChI=1S/C16H22N4S.2C2HF3O2/c1-3-19(2)16-14-4-7-20(10-13-6-9-21-11-13)8-5-15(14)17-12-18-16;2*3-2(4,5)1(6)7/h6,9,11-12H,3-5,7-8,10H2,1-2H3;2*(H,6,7). The van der Waals surface area contributed by atoms with Crippen molar-refractivity contribution in [2.75, 3.05) is 31.6 Å². The number of carboxylic acids is 2. The lowest BCUT2D eigenvalue weighted by Gasteiger charge is -2.20. The van der Waals surface area contributed by atoms with Gasteiger partial charge in [-0.3, -0.25) is 4.90 Å². The van der Waals surface area contributed by atoms with E-state index in [2.05, 4.69) is 50.6 Å². The molecular weight excluding hydrogens is 506 g/mol. The first-order valence-corrected chi connectivity index (χ1v) is 11.0. The molecule has 3 rings (SSSR count). The van der Waals surface area contributed by atoms with Crippen molar-refractivity contribution in [1.29, 1.82) is 0 Å². The molecule has 0 fully saturated rings. The van der Waals surface area contributed by atoms with Crippen LogP contribution in [0.2, 0.25) is 0 Å². The zero-order valence-electron chi connectivity index (χ0n) is 18.7. The Morgan fingerprint density at radius 2 is 1.60 bits per heavy atom. The molecule has 2 aromatic heterocycles. The molecule has 0 spiro atoms. The van der Waals surface area contributed by atoms with Gasteiger partial charge < -0.3 is 15.1 Å². The Labute approximate surface area is 200 Å². The van der Waals surface area contributed by atoms with Crippen LogP contribution in [0.4, 0.5) is 32.2 Å². The summed E-state index contributed by atoms with van der Waals surface area (Å²) >= 11 is 1.77. The average Bonchev–Trinajstić information content (AvgIpc) is 3.19. The average molecular weight is 530 g/mol. The maximum atomic E-state index is 10.6. The monoisotopic (exact) mass is 530 g/mol. The molecule has 0 aromatic carbocycles. The second-order valence-electron chi connectivity index (χ2n) is 7.15. The molecule has 0 atom stereocenters. The molecule has 1 aliphatic heterocycles. The molecule has 8 nitrogen and oxygen atoms in total. The third-order valence-corrected chi connectivity index (χ3v) is 5.39. The third-order valence-electron chi connectivity index (χ3n) is 4.66. The molecule has 2 aromatic rings. The van der Waals surface area contributed by atoms with Crippen LogP contribution in [0.1, 0.15) is 23.7 Å². The summed E-state index contributed by atoms with van der Waals surface area (Å²) in [6, 6.07) is 2.22. The van der Waals surface area contributed by atoms with E-state index in [1.54, 1.807) is 17.7 Å². The normalized spacial score (nSPS) is 13.8. The van der Waals surface area contributed by atoms with Crippen LogP contribution in [0.5, 0.6) is 0 Å². The van der Waals surface area contributed by atoms with Gasteiger partial charge in [0.25, 0.3) is 0 Å². The minimum atomic E-state index is -5.08. The molecule has 0 aliphatic carbocycles. The van der Waals surface area contributed by atoms with Crippen LogP contribution in [0.3, 0.4) is 0 Å². The molecule has 15 heteroatoms. The van der Waals surface area contributed by atoms with E-state index < -0.39 is 24.3 Å². The molecule has 0 unspecified atom stereocenters. The summed E-state index contributed by atoms with van der Waals surface area (Å²) in [5, 5.41) is 18.6. The Bertz CT molecular complexity index is 930. The first-order valence-electron chi connectivity index (χ1n) is 10.0. The number of hydrogen-bond acceptors (Lipinski definition) is 7. The lowest BCUT2D eigenvalue weighted by Crippen LogP contribution is -2.25. The Hall–Kier alpha value is -2.94. The van der Waals surface area contributed by atoms with Crippen molar-refractivity contribution >= 4 is 29.1 Å². The lowest BCUT2D eigenvalue weighted by atomic mass is 10.1. The van der Waals surface area contributed by atoms with Gasteiger partial charge in [-0.25, -0.2) is 19.6 Å². The number of aliphatic carboxylic acids is 2. The van der Waals surface area contributed by atoms with Gasteiger partial charge in [-0.15, -0.1) is 0 Å². The predicted molar refractivity (Wildman–Crippen MR) is 115 cm³/mol. The van der Waals surface area contributed by atoms with Crippen LogP contribution in [0, 0.1) is 0 Å². The van der Waals surface area contributed by atoms with E-state index >= 15 is 0 Å². The smallest absolute Gasteiger partial charge is 0.475 e. The van der Waals surface area contributed by atoms with E-state index in [4.69, 9.17) is 19.8 Å². The number of anilines is 1. The summed E-state index contributed by atoms with van der Waals surface area (Å²) < 4.78 is 63.5. The largest absolute Gasteiger partial charge is 0.490 e. The van der Waals surface area contributed by atoms with E-state index in [9.17, 15) is 26.3 Å². The number of aromatic nitrogens is 2. The highest BCUT2D eigenvalue weighted by molar-refractivity contribution is 7.07. The maximum absolute atomic E-state index is 10.6. The number of halogens is 6. The molecular formula is C20H24F6N4O4S. The van der Waals surface area contributed by atoms with Gasteiger partial charge >= 0.3 is 24.3 Å². The summed E-state index contributed by atoms with van der Waals surface area (Å²) in [7, 11) is 2.11. The lowest BCUT2D eigenvalue weighted by molar-refractivity contribution is -0.193. The summed E-state index contributed by atoms with van der Waals surface area (Å²) in [5.41, 5.74) is 3.99. The highest BCUT2D eigenvalue weighted by atomic mass is 32.1. The van der Waals surface area contributed by atoms with E-state index in [0.29, 0.717) is 0 Å². The van der Waals surface area contributed by atoms with Crippen molar-refractivity contribution in [1.82, 2.24) is 14.9 Å². The Balaban J connectivity index is 0.000000362. The van der Waals surface area contributed by atoms with Crippen molar-refractivity contribution < 1.29 is 46.1 Å². The molecule has 0 saturated carbocycles. The predicted octanol–water partition coefficient (Wildman–Crippen LogP) is 3.86. The van der Waals surface area contributed by atoms with Gasteiger partial charge in [-0.1, -0.05) is 0 Å². The third kappa shape index (κ3) is 10.5. The first-order chi connectivity index (χ1) is 16.2. The van der Waals surface area contributed by atoms with Crippen LogP contribution in [0.25, 0.3) is 0 Å². The van der Waals surface area contributed by atoms with Gasteiger partial charge in [0, 0.05) is 45.2 Å². The van der Waals surface area contributed by atoms with Crippen LogP contribution >= 0.6 is 11.3 Å². The van der Waals surface area contributed by atoms with Crippen molar-refractivity contribution in [3.8, 4) is 0 Å². The Morgan fingerprint density at radius 1 is 1.06 bits per heavy atom. The van der Waals surface area contributed by atoms with E-state index in [-0.39, 0.29) is 0 Å². The van der Waals surface area contributed by atoms with Gasteiger partial charge in [0.15, 0.2) is 0 Å². The number of carbonyl (C=O) groups is 2. The molecule has 0 amide bonds. The van der Waals surface area contributed by atoms with Crippen LogP contribution in [-0.2, 0) is 29.0 Å². The minimum absolute atomic E-state index is 0.974. The highest BCUT2D eigenvalue weighted by Crippen LogP contribution is 2.23. The summed E-state index contributed by atoms with van der Waals surface area (Å²) in [4.78, 5) is 31.6. The number of nitrogens with zero attached hydrogens (tertiary/aromatic N) is 4. The highest BCUT2D eigenvalue weighted by Gasteiger charge is 2.38. The van der Waals surface area contributed by atoms with Crippen molar-refractivity contribution in [3.63, 3.8) is 0 Å². The molecule has 0 saturated heterocycles. The number of hydrogen-bond donors (Lipinski definition) is 2. The molecule has 3 heterocycles. The quantitative estimate of drug-likeness (QED) is 0.574. The van der Waals surface area contributed by atoms with Crippen molar-refractivity contribution in [3.05, 3.63) is 40.0 Å². The second kappa shape index (κ2) is 13.2. The number of fused-ring (bicyclic) bond motifs is 1. The number of carboxylic acid groups (broad SMARTS) is 2. The zero-order chi connectivity index (χ0) is 26.8. The Kier molecular flexibility index (Phi) is 11.4. The van der Waals surface area contributed by atoms with Crippen LogP contribution < -0.4 is 4.90 Å².